The molecule has 2 N–H and O–H groups in total. The van der Waals surface area contributed by atoms with Crippen molar-refractivity contribution in [2.45, 2.75) is 39.7 Å². The number of benzene rings is 1. The Bertz CT molecular complexity index is 550. The molecule has 1 heterocycles. The number of hydrogen-bond donors (Lipinski definition) is 1. The molecule has 0 unspecified atom stereocenters. The number of nitrogens with zero attached hydrogens (tertiary/aromatic N) is 1. The van der Waals surface area contributed by atoms with Crippen molar-refractivity contribution in [1.82, 2.24) is 4.37 Å². The molecule has 0 aliphatic rings. The van der Waals surface area contributed by atoms with Crippen LogP contribution in [0.15, 0.2) is 24.3 Å². The average molecular weight is 260 g/mol. The maximum absolute atomic E-state index is 5.63. The van der Waals surface area contributed by atoms with Crippen LogP contribution in [-0.4, -0.2) is 4.37 Å². The number of aryl methyl sites for hydroxylation is 1. The second-order valence-electron chi connectivity index (χ2n) is 5.66. The zero-order chi connectivity index (χ0) is 13.3. The molecule has 18 heavy (non-hydrogen) atoms. The zero-order valence-electron chi connectivity index (χ0n) is 11.4. The minimum absolute atomic E-state index is 0.188. The highest BCUT2D eigenvalue weighted by Gasteiger charge is 2.15. The van der Waals surface area contributed by atoms with E-state index in [4.69, 9.17) is 5.73 Å². The number of rotatable bonds is 2. The van der Waals surface area contributed by atoms with Crippen LogP contribution in [0.25, 0.3) is 11.3 Å². The first-order valence-corrected chi connectivity index (χ1v) is 6.96. The van der Waals surface area contributed by atoms with Crippen LogP contribution < -0.4 is 5.73 Å². The summed E-state index contributed by atoms with van der Waals surface area (Å²) in [7, 11) is 0. The third-order valence-corrected chi connectivity index (χ3v) is 3.94. The molecular weight excluding hydrogens is 240 g/mol. The molecule has 0 spiro atoms. The van der Waals surface area contributed by atoms with Crippen LogP contribution in [0.2, 0.25) is 0 Å². The van der Waals surface area contributed by atoms with Crippen LogP contribution >= 0.6 is 11.5 Å². The lowest BCUT2D eigenvalue weighted by Crippen LogP contribution is -2.11. The summed E-state index contributed by atoms with van der Waals surface area (Å²) in [6.07, 6.45) is 0. The third-order valence-electron chi connectivity index (χ3n) is 3.13. The van der Waals surface area contributed by atoms with Crippen molar-refractivity contribution in [3.8, 4) is 11.3 Å². The molecule has 2 nitrogen and oxygen atoms in total. The maximum atomic E-state index is 5.63. The Morgan fingerprint density at radius 1 is 1.22 bits per heavy atom. The van der Waals surface area contributed by atoms with Gasteiger partial charge in [-0.25, -0.2) is 0 Å². The van der Waals surface area contributed by atoms with Gasteiger partial charge in [0.1, 0.15) is 0 Å². The first-order valence-electron chi connectivity index (χ1n) is 6.19. The van der Waals surface area contributed by atoms with Gasteiger partial charge in [0.25, 0.3) is 0 Å². The third kappa shape index (κ3) is 2.62. The van der Waals surface area contributed by atoms with E-state index in [1.54, 1.807) is 0 Å². The van der Waals surface area contributed by atoms with Crippen molar-refractivity contribution < 1.29 is 0 Å². The molecule has 0 saturated heterocycles. The van der Waals surface area contributed by atoms with E-state index < -0.39 is 0 Å². The Balaban J connectivity index is 2.41. The van der Waals surface area contributed by atoms with E-state index in [1.165, 1.54) is 28.2 Å². The number of nitrogens with two attached hydrogens (primary N) is 1. The summed E-state index contributed by atoms with van der Waals surface area (Å²) < 4.78 is 4.47. The lowest BCUT2D eigenvalue weighted by Gasteiger charge is -2.20. The van der Waals surface area contributed by atoms with Crippen molar-refractivity contribution >= 4 is 11.5 Å². The van der Waals surface area contributed by atoms with Gasteiger partial charge in [0.2, 0.25) is 0 Å². The maximum Gasteiger partial charge on any atom is 0.0846 e. The average Bonchev–Trinajstić information content (AvgIpc) is 2.76. The Morgan fingerprint density at radius 2 is 1.94 bits per heavy atom. The van der Waals surface area contributed by atoms with Gasteiger partial charge >= 0.3 is 0 Å². The van der Waals surface area contributed by atoms with Gasteiger partial charge in [0, 0.05) is 17.0 Å². The van der Waals surface area contributed by atoms with Gasteiger partial charge in [-0.15, -0.1) is 0 Å². The normalized spacial score (nSPS) is 11.8. The number of aromatic nitrogens is 1. The molecular formula is C15H20N2S. The van der Waals surface area contributed by atoms with Crippen LogP contribution in [0, 0.1) is 6.92 Å². The van der Waals surface area contributed by atoms with Gasteiger partial charge in [-0.2, -0.15) is 4.37 Å². The minimum Gasteiger partial charge on any atom is -0.326 e. The molecule has 3 heteroatoms. The lowest BCUT2D eigenvalue weighted by atomic mass is 9.85. The molecule has 0 bridgehead atoms. The highest BCUT2D eigenvalue weighted by atomic mass is 32.1. The van der Waals surface area contributed by atoms with Gasteiger partial charge in [-0.3, -0.25) is 0 Å². The monoisotopic (exact) mass is 260 g/mol. The molecule has 0 aliphatic carbocycles. The van der Waals surface area contributed by atoms with Crippen molar-refractivity contribution in [3.63, 3.8) is 0 Å². The van der Waals surface area contributed by atoms with E-state index in [9.17, 15) is 0 Å². The van der Waals surface area contributed by atoms with E-state index in [2.05, 4.69) is 56.3 Å². The van der Waals surface area contributed by atoms with Gasteiger partial charge in [0.15, 0.2) is 0 Å². The second-order valence-corrected chi connectivity index (χ2v) is 6.55. The zero-order valence-corrected chi connectivity index (χ0v) is 12.3. The predicted molar refractivity (Wildman–Crippen MR) is 78.9 cm³/mol. The first-order chi connectivity index (χ1) is 8.41. The fourth-order valence-electron chi connectivity index (χ4n) is 1.95. The Labute approximate surface area is 113 Å². The summed E-state index contributed by atoms with van der Waals surface area (Å²) in [5.74, 6) is 0. The quantitative estimate of drug-likeness (QED) is 0.890. The van der Waals surface area contributed by atoms with E-state index in [0.717, 1.165) is 10.6 Å². The number of hydrogen-bond acceptors (Lipinski definition) is 3. The van der Waals surface area contributed by atoms with E-state index in [0.29, 0.717) is 6.54 Å². The summed E-state index contributed by atoms with van der Waals surface area (Å²) >= 11 is 1.49. The Kier molecular flexibility index (Phi) is 3.55. The van der Waals surface area contributed by atoms with Crippen LogP contribution in [0.5, 0.6) is 0 Å². The van der Waals surface area contributed by atoms with Gasteiger partial charge in [-0.05, 0) is 41.1 Å². The SMILES string of the molecule is Cc1cc(C(C)(C)C)ccc1-c1cc(CN)sn1. The predicted octanol–water partition coefficient (Wildman–Crippen LogP) is 3.87. The van der Waals surface area contributed by atoms with Crippen molar-refractivity contribution in [2.24, 2.45) is 5.73 Å². The van der Waals surface area contributed by atoms with Crippen LogP contribution in [0.3, 0.4) is 0 Å². The largest absolute Gasteiger partial charge is 0.326 e. The molecule has 0 amide bonds. The van der Waals surface area contributed by atoms with Crippen LogP contribution in [0.4, 0.5) is 0 Å². The standard InChI is InChI=1S/C15H20N2S/c1-10-7-11(15(2,3)4)5-6-13(10)14-8-12(9-16)18-17-14/h5-8H,9,16H2,1-4H3. The Hall–Kier alpha value is -1.19. The molecule has 1 aromatic carbocycles. The highest BCUT2D eigenvalue weighted by molar-refractivity contribution is 7.06. The second kappa shape index (κ2) is 4.82. The fourth-order valence-corrected chi connectivity index (χ4v) is 2.56. The van der Waals surface area contributed by atoms with E-state index in [-0.39, 0.29) is 5.41 Å². The summed E-state index contributed by atoms with van der Waals surface area (Å²) in [6.45, 7) is 9.41. The first kappa shape index (κ1) is 13.2. The summed E-state index contributed by atoms with van der Waals surface area (Å²) in [5.41, 5.74) is 10.7. The van der Waals surface area contributed by atoms with E-state index in [1.807, 2.05) is 0 Å². The molecule has 2 aromatic rings. The highest BCUT2D eigenvalue weighted by Crippen LogP contribution is 2.29. The fraction of sp³-hybridized carbons (Fsp3) is 0.400. The van der Waals surface area contributed by atoms with Crippen molar-refractivity contribution in [2.75, 3.05) is 0 Å². The molecule has 0 atom stereocenters. The molecule has 0 saturated carbocycles. The van der Waals surface area contributed by atoms with Crippen molar-refractivity contribution in [3.05, 3.63) is 40.3 Å². The molecule has 1 aromatic heterocycles. The molecule has 0 aliphatic heterocycles. The van der Waals surface area contributed by atoms with E-state index >= 15 is 0 Å². The lowest BCUT2D eigenvalue weighted by molar-refractivity contribution is 0.590. The van der Waals surface area contributed by atoms with Crippen LogP contribution in [-0.2, 0) is 12.0 Å². The van der Waals surface area contributed by atoms with Gasteiger partial charge < -0.3 is 5.73 Å². The molecule has 0 fully saturated rings. The summed E-state index contributed by atoms with van der Waals surface area (Å²) in [6, 6.07) is 8.72. The van der Waals surface area contributed by atoms with Gasteiger partial charge in [-0.1, -0.05) is 39.0 Å². The van der Waals surface area contributed by atoms with Crippen LogP contribution in [0.1, 0.15) is 36.8 Å². The Morgan fingerprint density at radius 3 is 2.44 bits per heavy atom. The topological polar surface area (TPSA) is 38.9 Å². The molecule has 0 radical (unpaired) electrons. The summed E-state index contributed by atoms with van der Waals surface area (Å²) in [5, 5.41) is 0. The summed E-state index contributed by atoms with van der Waals surface area (Å²) in [4.78, 5) is 1.13. The molecule has 2 rings (SSSR count). The minimum atomic E-state index is 0.188. The van der Waals surface area contributed by atoms with Gasteiger partial charge in [0.05, 0.1) is 5.69 Å². The molecule has 96 valence electrons. The smallest absolute Gasteiger partial charge is 0.0846 e. The van der Waals surface area contributed by atoms with Crippen molar-refractivity contribution in [1.29, 1.82) is 0 Å².